The lowest BCUT2D eigenvalue weighted by molar-refractivity contribution is 0.445. The van der Waals surface area contributed by atoms with Crippen molar-refractivity contribution in [2.75, 3.05) is 17.8 Å². The Bertz CT molecular complexity index is 1190. The Morgan fingerprint density at radius 1 is 1.07 bits per heavy atom. The molecule has 0 aliphatic rings. The summed E-state index contributed by atoms with van der Waals surface area (Å²) >= 11 is 6.06. The Balaban J connectivity index is 2.02. The second-order valence-electron chi connectivity index (χ2n) is 5.89. The van der Waals surface area contributed by atoms with Crippen molar-refractivity contribution in [2.45, 2.75) is 23.6 Å². The van der Waals surface area contributed by atoms with Crippen LogP contribution in [0.25, 0.3) is 11.0 Å². The van der Waals surface area contributed by atoms with Crippen molar-refractivity contribution in [3.05, 3.63) is 47.5 Å². The van der Waals surface area contributed by atoms with Crippen molar-refractivity contribution in [1.82, 2.24) is 14.3 Å². The summed E-state index contributed by atoms with van der Waals surface area (Å²) in [4.78, 5) is 6.52. The number of para-hydroxylation sites is 2. The highest BCUT2D eigenvalue weighted by Gasteiger charge is 2.26. The molecule has 0 atom stereocenters. The highest BCUT2D eigenvalue weighted by Crippen LogP contribution is 2.28. The van der Waals surface area contributed by atoms with E-state index in [1.807, 2.05) is 0 Å². The SMILES string of the molecule is CCN(CC)S(=O)(=O)c1ccc(Cl)c(S(=O)(=O)Nc2nc3ccccc3[nH]2)c1. The van der Waals surface area contributed by atoms with E-state index in [4.69, 9.17) is 11.6 Å². The third kappa shape index (κ3) is 3.86. The van der Waals surface area contributed by atoms with Crippen molar-refractivity contribution in [3.63, 3.8) is 0 Å². The van der Waals surface area contributed by atoms with Gasteiger partial charge in [-0.25, -0.2) is 26.5 Å². The number of hydrogen-bond acceptors (Lipinski definition) is 5. The Morgan fingerprint density at radius 2 is 1.75 bits per heavy atom. The van der Waals surface area contributed by atoms with Crippen LogP contribution in [0.15, 0.2) is 52.3 Å². The minimum absolute atomic E-state index is 0.00858. The summed E-state index contributed by atoms with van der Waals surface area (Å²) in [6, 6.07) is 10.7. The summed E-state index contributed by atoms with van der Waals surface area (Å²) in [5.74, 6) is 0.00858. The number of benzene rings is 2. The Kier molecular flexibility index (Phi) is 5.67. The minimum atomic E-state index is -4.17. The van der Waals surface area contributed by atoms with E-state index in [1.165, 1.54) is 16.4 Å². The van der Waals surface area contributed by atoms with E-state index in [-0.39, 0.29) is 33.9 Å². The van der Waals surface area contributed by atoms with E-state index >= 15 is 0 Å². The summed E-state index contributed by atoms with van der Waals surface area (Å²) in [7, 11) is -8.01. The van der Waals surface area contributed by atoms with Crippen molar-refractivity contribution in [2.24, 2.45) is 0 Å². The zero-order valence-electron chi connectivity index (χ0n) is 15.2. The van der Waals surface area contributed by atoms with Crippen molar-refractivity contribution in [3.8, 4) is 0 Å². The number of hydrogen-bond donors (Lipinski definition) is 2. The second-order valence-corrected chi connectivity index (χ2v) is 9.89. The first kappa shape index (κ1) is 20.6. The van der Waals surface area contributed by atoms with Gasteiger partial charge in [0.25, 0.3) is 10.0 Å². The Labute approximate surface area is 168 Å². The average Bonchev–Trinajstić information content (AvgIpc) is 3.03. The first-order valence-corrected chi connectivity index (χ1v) is 11.8. The molecule has 3 rings (SSSR count). The van der Waals surface area contributed by atoms with Gasteiger partial charge in [0.15, 0.2) is 0 Å². The number of aromatic nitrogens is 2. The number of nitrogens with one attached hydrogen (secondary N) is 2. The Hall–Kier alpha value is -2.14. The lowest BCUT2D eigenvalue weighted by atomic mass is 10.3. The van der Waals surface area contributed by atoms with Gasteiger partial charge in [0.2, 0.25) is 16.0 Å². The fourth-order valence-electron chi connectivity index (χ4n) is 2.75. The summed E-state index contributed by atoms with van der Waals surface area (Å²) in [6.45, 7) is 3.94. The second kappa shape index (κ2) is 7.70. The van der Waals surface area contributed by atoms with Crippen LogP contribution >= 0.6 is 11.6 Å². The van der Waals surface area contributed by atoms with Crippen molar-refractivity contribution < 1.29 is 16.8 Å². The number of H-pyrrole nitrogens is 1. The highest BCUT2D eigenvalue weighted by atomic mass is 35.5. The first-order valence-electron chi connectivity index (χ1n) is 8.46. The smallest absolute Gasteiger partial charge is 0.265 e. The fourth-order valence-corrected chi connectivity index (χ4v) is 5.80. The number of aromatic amines is 1. The first-order chi connectivity index (χ1) is 13.2. The molecule has 1 heterocycles. The van der Waals surface area contributed by atoms with E-state index in [0.29, 0.717) is 11.0 Å². The summed E-state index contributed by atoms with van der Waals surface area (Å²) in [5.41, 5.74) is 1.24. The molecule has 0 aliphatic heterocycles. The van der Waals surface area contributed by atoms with Crippen LogP contribution in [0, 0.1) is 0 Å². The summed E-state index contributed by atoms with van der Waals surface area (Å²) < 4.78 is 54.6. The van der Waals surface area contributed by atoms with Crippen LogP contribution < -0.4 is 4.72 Å². The molecular weight excluding hydrogens is 424 g/mol. The predicted molar refractivity (Wildman–Crippen MR) is 108 cm³/mol. The molecule has 28 heavy (non-hydrogen) atoms. The molecule has 1 aromatic heterocycles. The van der Waals surface area contributed by atoms with Gasteiger partial charge in [0.05, 0.1) is 21.0 Å². The molecule has 0 fully saturated rings. The normalized spacial score (nSPS) is 12.6. The molecule has 2 aromatic carbocycles. The molecule has 0 radical (unpaired) electrons. The third-order valence-corrected chi connectivity index (χ3v) is 8.02. The van der Waals surface area contributed by atoms with Crippen LogP contribution in [0.5, 0.6) is 0 Å². The van der Waals surface area contributed by atoms with E-state index in [9.17, 15) is 16.8 Å². The standard InChI is InChI=1S/C17H19ClN4O4S2/c1-3-22(4-2)28(25,26)12-9-10-13(18)16(11-12)27(23,24)21-17-19-14-7-5-6-8-15(14)20-17/h5-11H,3-4H2,1-2H3,(H2,19,20,21). The van der Waals surface area contributed by atoms with Crippen LogP contribution in [0.3, 0.4) is 0 Å². The lowest BCUT2D eigenvalue weighted by Crippen LogP contribution is -2.30. The fraction of sp³-hybridized carbons (Fsp3) is 0.235. The molecule has 8 nitrogen and oxygen atoms in total. The number of rotatable bonds is 7. The largest absolute Gasteiger partial charge is 0.323 e. The zero-order valence-corrected chi connectivity index (χ0v) is 17.6. The molecule has 11 heteroatoms. The van der Waals surface area contributed by atoms with Gasteiger partial charge in [-0.1, -0.05) is 37.6 Å². The highest BCUT2D eigenvalue weighted by molar-refractivity contribution is 7.93. The van der Waals surface area contributed by atoms with Gasteiger partial charge >= 0.3 is 0 Å². The monoisotopic (exact) mass is 442 g/mol. The number of anilines is 1. The number of sulfonamides is 2. The number of nitrogens with zero attached hydrogens (tertiary/aromatic N) is 2. The van der Waals surface area contributed by atoms with Gasteiger partial charge in [-0.15, -0.1) is 0 Å². The van der Waals surface area contributed by atoms with Crippen molar-refractivity contribution in [1.29, 1.82) is 0 Å². The van der Waals surface area contributed by atoms with Gasteiger partial charge in [0.1, 0.15) is 4.90 Å². The third-order valence-electron chi connectivity index (χ3n) is 4.16. The minimum Gasteiger partial charge on any atom is -0.323 e. The molecule has 3 aromatic rings. The van der Waals surface area contributed by atoms with E-state index < -0.39 is 20.0 Å². The van der Waals surface area contributed by atoms with Crippen LogP contribution in [-0.2, 0) is 20.0 Å². The molecule has 0 amide bonds. The molecule has 0 aliphatic carbocycles. The van der Waals surface area contributed by atoms with Crippen molar-refractivity contribution >= 4 is 48.6 Å². The maximum atomic E-state index is 12.8. The van der Waals surface area contributed by atoms with E-state index in [0.717, 1.165) is 6.07 Å². The van der Waals surface area contributed by atoms with Crippen LogP contribution in [-0.4, -0.2) is 44.2 Å². The molecule has 0 spiro atoms. The number of halogens is 1. The zero-order chi connectivity index (χ0) is 20.5. The molecule has 0 saturated heterocycles. The molecule has 0 bridgehead atoms. The maximum Gasteiger partial charge on any atom is 0.265 e. The predicted octanol–water partition coefficient (Wildman–Crippen LogP) is 3.05. The molecular formula is C17H19ClN4O4S2. The van der Waals surface area contributed by atoms with Gasteiger partial charge in [-0.3, -0.25) is 0 Å². The molecule has 2 N–H and O–H groups in total. The van der Waals surface area contributed by atoms with Gasteiger partial charge in [-0.2, -0.15) is 4.31 Å². The number of imidazole rings is 1. The van der Waals surface area contributed by atoms with Crippen LogP contribution in [0.2, 0.25) is 5.02 Å². The lowest BCUT2D eigenvalue weighted by Gasteiger charge is -2.19. The van der Waals surface area contributed by atoms with Gasteiger partial charge in [0, 0.05) is 13.1 Å². The van der Waals surface area contributed by atoms with E-state index in [2.05, 4.69) is 14.7 Å². The number of fused-ring (bicyclic) bond motifs is 1. The van der Waals surface area contributed by atoms with E-state index in [1.54, 1.807) is 38.1 Å². The summed E-state index contributed by atoms with van der Waals surface area (Å²) in [5, 5.41) is -0.0953. The van der Waals surface area contributed by atoms with Gasteiger partial charge < -0.3 is 4.98 Å². The van der Waals surface area contributed by atoms with Gasteiger partial charge in [-0.05, 0) is 30.3 Å². The summed E-state index contributed by atoms with van der Waals surface area (Å²) in [6.07, 6.45) is 0. The van der Waals surface area contributed by atoms with Crippen LogP contribution in [0.4, 0.5) is 5.95 Å². The molecule has 150 valence electrons. The van der Waals surface area contributed by atoms with Crippen LogP contribution in [0.1, 0.15) is 13.8 Å². The topological polar surface area (TPSA) is 112 Å². The molecule has 0 unspecified atom stereocenters. The maximum absolute atomic E-state index is 12.8. The Morgan fingerprint density at radius 3 is 2.39 bits per heavy atom. The molecule has 0 saturated carbocycles. The quantitative estimate of drug-likeness (QED) is 0.584. The average molecular weight is 443 g/mol.